The summed E-state index contributed by atoms with van der Waals surface area (Å²) in [4.78, 5) is 0. The van der Waals surface area contributed by atoms with Crippen molar-refractivity contribution >= 4 is 0 Å². The highest BCUT2D eigenvalue weighted by molar-refractivity contribution is 5.33. The molecule has 0 aromatic rings. The SMILES string of the molecule is CC(C)(O)[C@@H]1CC[C@](C)([C@H]2[C@@H](O)C[C@@]3(C)[C@H]4C[C@@H](O)[C@@H]5C(C)(C)[C@H](O[C@H]6OC[C@@H](O)[C@@H](O)[C@H]6O)CC[C@@]56C[C@@]46CC[C@]23C)O1. The van der Waals surface area contributed by atoms with E-state index < -0.39 is 53.4 Å². The molecule has 0 aromatic heterocycles. The molecule has 5 saturated carbocycles. The zero-order chi connectivity index (χ0) is 32.0. The molecule has 9 nitrogen and oxygen atoms in total. The van der Waals surface area contributed by atoms with Crippen molar-refractivity contribution in [2.24, 2.45) is 44.8 Å². The normalized spacial score (nSPS) is 59.8. The minimum Gasteiger partial charge on any atom is -0.393 e. The van der Waals surface area contributed by atoms with Gasteiger partial charge in [0.25, 0.3) is 0 Å². The fourth-order valence-corrected chi connectivity index (χ4v) is 13.4. The molecule has 0 bridgehead atoms. The van der Waals surface area contributed by atoms with E-state index in [2.05, 4.69) is 34.6 Å². The maximum Gasteiger partial charge on any atom is 0.186 e. The van der Waals surface area contributed by atoms with Gasteiger partial charge in [-0.05, 0) is 117 Å². The monoisotopic (exact) mass is 622 g/mol. The molecule has 2 aliphatic heterocycles. The van der Waals surface area contributed by atoms with E-state index in [1.54, 1.807) is 0 Å². The molecule has 6 N–H and O–H groups in total. The molecule has 7 rings (SSSR count). The van der Waals surface area contributed by atoms with Gasteiger partial charge in [0.1, 0.15) is 18.3 Å². The van der Waals surface area contributed by atoms with Gasteiger partial charge in [0.05, 0.1) is 42.2 Å². The lowest BCUT2D eigenvalue weighted by molar-refractivity contribution is -0.306. The van der Waals surface area contributed by atoms with Crippen molar-refractivity contribution in [2.45, 2.75) is 166 Å². The second kappa shape index (κ2) is 9.63. The van der Waals surface area contributed by atoms with Crippen LogP contribution < -0.4 is 0 Å². The third-order valence-electron chi connectivity index (χ3n) is 15.5. The predicted octanol–water partition coefficient (Wildman–Crippen LogP) is 2.90. The van der Waals surface area contributed by atoms with Crippen LogP contribution in [-0.2, 0) is 14.2 Å². The smallest absolute Gasteiger partial charge is 0.186 e. The molecule has 0 radical (unpaired) electrons. The minimum atomic E-state index is -1.33. The van der Waals surface area contributed by atoms with Crippen molar-refractivity contribution in [2.75, 3.05) is 6.61 Å². The minimum absolute atomic E-state index is 0.00753. The Morgan fingerprint density at radius 2 is 1.45 bits per heavy atom. The first-order valence-corrected chi connectivity index (χ1v) is 17.4. The zero-order valence-corrected chi connectivity index (χ0v) is 27.8. The van der Waals surface area contributed by atoms with E-state index in [1.165, 1.54) is 0 Å². The topological polar surface area (TPSA) is 149 Å². The Bertz CT molecular complexity index is 1160. The van der Waals surface area contributed by atoms with Crippen LogP contribution in [0.25, 0.3) is 0 Å². The molecular weight excluding hydrogens is 564 g/mol. The van der Waals surface area contributed by atoms with Gasteiger partial charge in [0, 0.05) is 5.92 Å². The summed E-state index contributed by atoms with van der Waals surface area (Å²) in [7, 11) is 0. The molecule has 7 aliphatic rings. The summed E-state index contributed by atoms with van der Waals surface area (Å²) in [6.07, 6.45) is 1.57. The first-order valence-electron chi connectivity index (χ1n) is 17.4. The highest BCUT2D eigenvalue weighted by Crippen LogP contribution is 2.89. The van der Waals surface area contributed by atoms with E-state index in [0.717, 1.165) is 44.9 Å². The van der Waals surface area contributed by atoms with Gasteiger partial charge in [-0.25, -0.2) is 0 Å². The van der Waals surface area contributed by atoms with Crippen LogP contribution >= 0.6 is 0 Å². The van der Waals surface area contributed by atoms with Gasteiger partial charge in [-0.3, -0.25) is 0 Å². The molecule has 7 fully saturated rings. The van der Waals surface area contributed by atoms with Crippen molar-refractivity contribution < 1.29 is 44.8 Å². The standard InChI is InChI=1S/C35H58O9/c1-29(2)22(43-28-25(40)24(39)20(38)16-42-28)9-11-35-17-34(35)13-12-31(5)27(33(7)10-8-23(44-33)30(3,4)41)19(37)15-32(31,6)21(34)14-18(36)26(29)35/h18-28,36-41H,8-17H2,1-7H3/t18-,19+,20-,21-,22-,23+,24-,25-,26-,27+,28-,31-,32+,33-,34+,35-/m1/s1. The molecule has 0 aromatic carbocycles. The van der Waals surface area contributed by atoms with Gasteiger partial charge in [-0.1, -0.05) is 27.7 Å². The van der Waals surface area contributed by atoms with Crippen molar-refractivity contribution in [1.29, 1.82) is 0 Å². The Hall–Kier alpha value is -0.360. The van der Waals surface area contributed by atoms with Crippen LogP contribution in [0, 0.1) is 44.8 Å². The Morgan fingerprint density at radius 3 is 2.11 bits per heavy atom. The summed E-state index contributed by atoms with van der Waals surface area (Å²) in [5.41, 5.74) is -2.01. The summed E-state index contributed by atoms with van der Waals surface area (Å²) < 4.78 is 18.7. The lowest BCUT2D eigenvalue weighted by atomic mass is 9.41. The quantitative estimate of drug-likeness (QED) is 0.260. The van der Waals surface area contributed by atoms with Crippen LogP contribution in [-0.4, -0.2) is 97.5 Å². The molecular formula is C35H58O9. The van der Waals surface area contributed by atoms with Crippen molar-refractivity contribution in [1.82, 2.24) is 0 Å². The van der Waals surface area contributed by atoms with Crippen LogP contribution in [0.1, 0.15) is 106 Å². The summed E-state index contributed by atoms with van der Waals surface area (Å²) >= 11 is 0. The number of hydrogen-bond donors (Lipinski definition) is 6. The van der Waals surface area contributed by atoms with Gasteiger partial charge in [-0.15, -0.1) is 0 Å². The van der Waals surface area contributed by atoms with Crippen LogP contribution in [0.2, 0.25) is 0 Å². The van der Waals surface area contributed by atoms with Gasteiger partial charge in [0.15, 0.2) is 6.29 Å². The average molecular weight is 623 g/mol. The number of rotatable bonds is 4. The Kier molecular flexibility index (Phi) is 7.04. The van der Waals surface area contributed by atoms with Gasteiger partial charge in [0.2, 0.25) is 0 Å². The summed E-state index contributed by atoms with van der Waals surface area (Å²) in [5.74, 6) is 0.285. The average Bonchev–Trinajstić information content (AvgIpc) is 3.27. The van der Waals surface area contributed by atoms with Gasteiger partial charge < -0.3 is 44.8 Å². The van der Waals surface area contributed by atoms with Crippen molar-refractivity contribution in [3.63, 3.8) is 0 Å². The highest BCUT2D eigenvalue weighted by Gasteiger charge is 2.85. The molecule has 0 amide bonds. The molecule has 2 heterocycles. The number of hydrogen-bond acceptors (Lipinski definition) is 9. The van der Waals surface area contributed by atoms with E-state index >= 15 is 0 Å². The van der Waals surface area contributed by atoms with E-state index in [1.807, 2.05) is 13.8 Å². The lowest BCUT2D eigenvalue weighted by Crippen LogP contribution is -2.63. The molecule has 44 heavy (non-hydrogen) atoms. The van der Waals surface area contributed by atoms with Gasteiger partial charge >= 0.3 is 0 Å². The number of aliphatic hydroxyl groups excluding tert-OH is 5. The van der Waals surface area contributed by atoms with E-state index in [-0.39, 0.29) is 52.3 Å². The number of fused-ring (bicyclic) bond motifs is 2. The number of aliphatic hydroxyl groups is 6. The maximum atomic E-state index is 12.1. The van der Waals surface area contributed by atoms with Gasteiger partial charge in [-0.2, -0.15) is 0 Å². The first kappa shape index (κ1) is 32.2. The second-order valence-corrected chi connectivity index (χ2v) is 18.3. The molecule has 0 unspecified atom stereocenters. The second-order valence-electron chi connectivity index (χ2n) is 18.3. The third kappa shape index (κ3) is 3.97. The molecule has 9 heteroatoms. The van der Waals surface area contributed by atoms with E-state index in [0.29, 0.717) is 18.8 Å². The Balaban J connectivity index is 1.15. The van der Waals surface area contributed by atoms with Crippen LogP contribution in [0.4, 0.5) is 0 Å². The molecule has 2 spiro atoms. The molecule has 5 aliphatic carbocycles. The van der Waals surface area contributed by atoms with Crippen molar-refractivity contribution in [3.05, 3.63) is 0 Å². The zero-order valence-electron chi connectivity index (χ0n) is 27.8. The summed E-state index contributed by atoms with van der Waals surface area (Å²) in [5, 5.41) is 65.5. The maximum absolute atomic E-state index is 12.1. The lowest BCUT2D eigenvalue weighted by Gasteiger charge is -2.64. The fraction of sp³-hybridized carbons (Fsp3) is 1.00. The fourth-order valence-electron chi connectivity index (χ4n) is 13.4. The Morgan fingerprint density at radius 1 is 0.750 bits per heavy atom. The van der Waals surface area contributed by atoms with Crippen LogP contribution in [0.5, 0.6) is 0 Å². The molecule has 252 valence electrons. The molecule has 16 atom stereocenters. The number of ether oxygens (including phenoxy) is 3. The van der Waals surface area contributed by atoms with E-state index in [4.69, 9.17) is 14.2 Å². The van der Waals surface area contributed by atoms with Crippen molar-refractivity contribution in [3.8, 4) is 0 Å². The van der Waals surface area contributed by atoms with E-state index in [9.17, 15) is 30.6 Å². The summed E-state index contributed by atoms with van der Waals surface area (Å²) in [6.45, 7) is 14.8. The summed E-state index contributed by atoms with van der Waals surface area (Å²) in [6, 6.07) is 0. The first-order chi connectivity index (χ1) is 20.3. The highest BCUT2D eigenvalue weighted by atomic mass is 16.7. The predicted molar refractivity (Wildman–Crippen MR) is 161 cm³/mol. The van der Waals surface area contributed by atoms with Crippen LogP contribution in [0.15, 0.2) is 0 Å². The van der Waals surface area contributed by atoms with Crippen LogP contribution in [0.3, 0.4) is 0 Å². The molecule has 2 saturated heterocycles. The Labute approximate surface area is 262 Å². The largest absolute Gasteiger partial charge is 0.393 e. The third-order valence-corrected chi connectivity index (χ3v) is 15.5.